The maximum atomic E-state index is 12.3. The van der Waals surface area contributed by atoms with Crippen molar-refractivity contribution in [3.63, 3.8) is 0 Å². The molecular weight excluding hydrogens is 206 g/mol. The van der Waals surface area contributed by atoms with Gasteiger partial charge in [0.2, 0.25) is 0 Å². The minimum atomic E-state index is -2.56. The molecule has 1 saturated carbocycles. The van der Waals surface area contributed by atoms with Gasteiger partial charge in [-0.1, -0.05) is 0 Å². The summed E-state index contributed by atoms with van der Waals surface area (Å²) in [5.74, 6) is -0.425. The van der Waals surface area contributed by atoms with Crippen LogP contribution >= 0.6 is 0 Å². The van der Waals surface area contributed by atoms with E-state index in [0.717, 1.165) is 6.20 Å². The maximum absolute atomic E-state index is 12.3. The smallest absolute Gasteiger partial charge is 0.333 e. The van der Waals surface area contributed by atoms with Crippen LogP contribution in [0.3, 0.4) is 0 Å². The van der Waals surface area contributed by atoms with Gasteiger partial charge < -0.3 is 4.74 Å². The van der Waals surface area contributed by atoms with Gasteiger partial charge in [-0.2, -0.15) is 5.10 Å². The van der Waals surface area contributed by atoms with Crippen molar-refractivity contribution in [3.8, 4) is 0 Å². The van der Waals surface area contributed by atoms with Crippen molar-refractivity contribution in [1.29, 1.82) is 0 Å². The largest absolute Gasteiger partial charge is 0.467 e. The van der Waals surface area contributed by atoms with Crippen molar-refractivity contribution in [2.75, 3.05) is 7.11 Å². The van der Waals surface area contributed by atoms with Gasteiger partial charge in [0.05, 0.1) is 18.9 Å². The second kappa shape index (κ2) is 3.29. The van der Waals surface area contributed by atoms with Gasteiger partial charge in [0, 0.05) is 6.20 Å². The van der Waals surface area contributed by atoms with E-state index in [2.05, 4.69) is 9.84 Å². The van der Waals surface area contributed by atoms with Crippen LogP contribution in [0.5, 0.6) is 0 Å². The fourth-order valence-corrected chi connectivity index (χ4v) is 1.52. The highest BCUT2D eigenvalue weighted by Crippen LogP contribution is 2.44. The number of hydrogen-bond acceptors (Lipinski definition) is 3. The van der Waals surface area contributed by atoms with Crippen LogP contribution in [-0.2, 0) is 15.1 Å². The molecule has 15 heavy (non-hydrogen) atoms. The summed E-state index contributed by atoms with van der Waals surface area (Å²) in [7, 11) is 1.28. The lowest BCUT2D eigenvalue weighted by Gasteiger charge is -2.12. The summed E-state index contributed by atoms with van der Waals surface area (Å²) in [5.41, 5.74) is -1.01. The zero-order chi connectivity index (χ0) is 11.1. The first-order valence-corrected chi connectivity index (χ1v) is 4.52. The van der Waals surface area contributed by atoms with Gasteiger partial charge in [0.1, 0.15) is 0 Å². The molecule has 0 radical (unpaired) electrons. The highest BCUT2D eigenvalue weighted by atomic mass is 19.3. The molecule has 0 bridgehead atoms. The number of esters is 1. The fraction of sp³-hybridized carbons (Fsp3) is 0.556. The zero-order valence-corrected chi connectivity index (χ0v) is 8.11. The van der Waals surface area contributed by atoms with Gasteiger partial charge >= 0.3 is 5.97 Å². The van der Waals surface area contributed by atoms with E-state index in [-0.39, 0.29) is 5.56 Å². The van der Waals surface area contributed by atoms with Gasteiger partial charge in [0.25, 0.3) is 6.43 Å². The van der Waals surface area contributed by atoms with E-state index in [0.29, 0.717) is 12.8 Å². The molecule has 82 valence electrons. The number of alkyl halides is 2. The summed E-state index contributed by atoms with van der Waals surface area (Å²) in [6.07, 6.45) is 0.892. The minimum absolute atomic E-state index is 0.176. The Kier molecular flexibility index (Phi) is 2.21. The maximum Gasteiger partial charge on any atom is 0.333 e. The average Bonchev–Trinajstić information content (AvgIpc) is 2.87. The summed E-state index contributed by atoms with van der Waals surface area (Å²) >= 11 is 0. The number of carbonyl (C=O) groups excluding carboxylic acids is 1. The summed E-state index contributed by atoms with van der Waals surface area (Å²) in [6, 6.07) is 0. The number of carbonyl (C=O) groups is 1. The van der Waals surface area contributed by atoms with E-state index in [4.69, 9.17) is 0 Å². The monoisotopic (exact) mass is 216 g/mol. The van der Waals surface area contributed by atoms with Crippen molar-refractivity contribution < 1.29 is 18.3 Å². The van der Waals surface area contributed by atoms with Crippen LogP contribution in [0.4, 0.5) is 8.78 Å². The fourth-order valence-electron chi connectivity index (χ4n) is 1.52. The first-order chi connectivity index (χ1) is 7.10. The van der Waals surface area contributed by atoms with Crippen molar-refractivity contribution in [3.05, 3.63) is 18.0 Å². The predicted octanol–water partition coefficient (Wildman–Crippen LogP) is 1.48. The summed E-state index contributed by atoms with van der Waals surface area (Å²) in [6.45, 7) is 0. The summed E-state index contributed by atoms with van der Waals surface area (Å²) < 4.78 is 30.5. The molecule has 6 heteroatoms. The molecule has 4 nitrogen and oxygen atoms in total. The Morgan fingerprint density at radius 2 is 2.33 bits per heavy atom. The third kappa shape index (κ3) is 1.49. The first-order valence-electron chi connectivity index (χ1n) is 4.52. The average molecular weight is 216 g/mol. The Morgan fingerprint density at radius 1 is 1.67 bits per heavy atom. The minimum Gasteiger partial charge on any atom is -0.467 e. The SMILES string of the molecule is COC(=O)C1(n2cc(C(F)F)cn2)CC1. The molecule has 0 amide bonds. The highest BCUT2D eigenvalue weighted by molar-refractivity contribution is 5.81. The summed E-state index contributed by atoms with van der Waals surface area (Å²) in [4.78, 5) is 11.4. The molecule has 0 aliphatic heterocycles. The van der Waals surface area contributed by atoms with E-state index >= 15 is 0 Å². The topological polar surface area (TPSA) is 44.1 Å². The Morgan fingerprint density at radius 3 is 2.73 bits per heavy atom. The van der Waals surface area contributed by atoms with Crippen molar-refractivity contribution in [2.45, 2.75) is 24.8 Å². The van der Waals surface area contributed by atoms with Crippen LogP contribution in [0.1, 0.15) is 24.8 Å². The van der Waals surface area contributed by atoms with Crippen molar-refractivity contribution >= 4 is 5.97 Å². The standard InChI is InChI=1S/C9H10F2N2O2/c1-15-8(14)9(2-3-9)13-5-6(4-12-13)7(10)11/h4-5,7H,2-3H2,1H3. The Balaban J connectivity index is 2.26. The van der Waals surface area contributed by atoms with E-state index in [1.54, 1.807) is 0 Å². The molecule has 1 aromatic rings. The number of halogens is 2. The van der Waals surface area contributed by atoms with Crippen molar-refractivity contribution in [1.82, 2.24) is 9.78 Å². The lowest BCUT2D eigenvalue weighted by atomic mass is 10.3. The van der Waals surface area contributed by atoms with Gasteiger partial charge in [-0.3, -0.25) is 4.68 Å². The molecule has 0 atom stereocenters. The molecule has 0 saturated heterocycles. The van der Waals surface area contributed by atoms with Crippen LogP contribution in [0.25, 0.3) is 0 Å². The quantitative estimate of drug-likeness (QED) is 0.719. The molecule has 1 aliphatic rings. The molecular formula is C9H10F2N2O2. The molecule has 2 rings (SSSR count). The number of hydrogen-bond donors (Lipinski definition) is 0. The molecule has 0 aromatic carbocycles. The third-order valence-corrected chi connectivity index (χ3v) is 2.58. The van der Waals surface area contributed by atoms with Crippen LogP contribution in [0.15, 0.2) is 12.4 Å². The lowest BCUT2D eigenvalue weighted by molar-refractivity contribution is -0.146. The van der Waals surface area contributed by atoms with E-state index in [9.17, 15) is 13.6 Å². The zero-order valence-electron chi connectivity index (χ0n) is 8.11. The molecule has 1 aliphatic carbocycles. The summed E-state index contributed by atoms with van der Waals surface area (Å²) in [5, 5.41) is 3.78. The molecule has 0 N–H and O–H groups in total. The van der Waals surface area contributed by atoms with Crippen molar-refractivity contribution in [2.24, 2.45) is 0 Å². The van der Waals surface area contributed by atoms with Crippen LogP contribution < -0.4 is 0 Å². The third-order valence-electron chi connectivity index (χ3n) is 2.58. The molecule has 1 heterocycles. The number of rotatable bonds is 3. The van der Waals surface area contributed by atoms with E-state index in [1.165, 1.54) is 18.0 Å². The Labute approximate surface area is 84.8 Å². The second-order valence-corrected chi connectivity index (χ2v) is 3.54. The predicted molar refractivity (Wildman–Crippen MR) is 46.4 cm³/mol. The molecule has 1 aromatic heterocycles. The number of nitrogens with zero attached hydrogens (tertiary/aromatic N) is 2. The van der Waals surface area contributed by atoms with Gasteiger partial charge in [-0.25, -0.2) is 13.6 Å². The van der Waals surface area contributed by atoms with Gasteiger partial charge in [-0.15, -0.1) is 0 Å². The van der Waals surface area contributed by atoms with Gasteiger partial charge in [0.15, 0.2) is 5.54 Å². The van der Waals surface area contributed by atoms with Crippen LogP contribution in [-0.4, -0.2) is 22.9 Å². The molecule has 0 unspecified atom stereocenters. The molecule has 0 spiro atoms. The van der Waals surface area contributed by atoms with Crippen LogP contribution in [0.2, 0.25) is 0 Å². The Bertz CT molecular complexity index is 385. The lowest BCUT2D eigenvalue weighted by Crippen LogP contribution is -2.29. The first kappa shape index (κ1) is 10.1. The number of aromatic nitrogens is 2. The normalized spacial score (nSPS) is 17.9. The van der Waals surface area contributed by atoms with Gasteiger partial charge in [-0.05, 0) is 12.8 Å². The highest BCUT2D eigenvalue weighted by Gasteiger charge is 2.54. The van der Waals surface area contributed by atoms with E-state index in [1.807, 2.05) is 0 Å². The van der Waals surface area contributed by atoms with E-state index < -0.39 is 17.9 Å². The van der Waals surface area contributed by atoms with Crippen LogP contribution in [0, 0.1) is 0 Å². The number of ether oxygens (including phenoxy) is 1. The Hall–Kier alpha value is -1.46. The number of methoxy groups -OCH3 is 1. The molecule has 1 fully saturated rings. The second-order valence-electron chi connectivity index (χ2n) is 3.54.